The van der Waals surface area contributed by atoms with E-state index >= 15 is 0 Å². The lowest BCUT2D eigenvalue weighted by molar-refractivity contribution is 0.576. The van der Waals surface area contributed by atoms with Gasteiger partial charge in [-0.05, 0) is 20.4 Å². The molecule has 0 saturated heterocycles. The van der Waals surface area contributed by atoms with Crippen molar-refractivity contribution < 1.29 is 8.42 Å². The molecule has 1 aromatic rings. The van der Waals surface area contributed by atoms with E-state index in [0.29, 0.717) is 24.5 Å². The molecule has 0 atom stereocenters. The first-order chi connectivity index (χ1) is 8.03. The lowest BCUT2D eigenvalue weighted by atomic mass is 10.3. The van der Waals surface area contributed by atoms with Crippen molar-refractivity contribution in [3.05, 3.63) is 11.4 Å². The summed E-state index contributed by atoms with van der Waals surface area (Å²) < 4.78 is 26.8. The molecule has 0 bridgehead atoms. The zero-order valence-electron chi connectivity index (χ0n) is 10.5. The summed E-state index contributed by atoms with van der Waals surface area (Å²) in [5, 5.41) is 9.61. The van der Waals surface area contributed by atoms with Crippen LogP contribution in [-0.2, 0) is 16.6 Å². The maximum atomic E-state index is 12.1. The number of rotatable bonds is 7. The van der Waals surface area contributed by atoms with Crippen molar-refractivity contribution in [1.82, 2.24) is 20.2 Å². The summed E-state index contributed by atoms with van der Waals surface area (Å²) in [5.74, 6) is 0. The molecule has 0 fully saturated rings. The van der Waals surface area contributed by atoms with Gasteiger partial charge in [0, 0.05) is 13.1 Å². The fourth-order valence-electron chi connectivity index (χ4n) is 1.57. The third-order valence-electron chi connectivity index (χ3n) is 2.40. The third-order valence-corrected chi connectivity index (χ3v) is 4.06. The number of aryl methyl sites for hydroxylation is 1. The van der Waals surface area contributed by atoms with Gasteiger partial charge in [-0.1, -0.05) is 13.3 Å². The predicted octanol–water partition coefficient (Wildman–Crippen LogP) is 0.516. The van der Waals surface area contributed by atoms with E-state index < -0.39 is 10.0 Å². The summed E-state index contributed by atoms with van der Waals surface area (Å²) >= 11 is 0. The zero-order chi connectivity index (χ0) is 12.9. The number of nitrogens with one attached hydrogen (secondary N) is 3. The molecule has 0 aliphatic carbocycles. The summed E-state index contributed by atoms with van der Waals surface area (Å²) in [6.45, 7) is 4.61. The van der Waals surface area contributed by atoms with Gasteiger partial charge in [0.15, 0.2) is 0 Å². The van der Waals surface area contributed by atoms with Gasteiger partial charge < -0.3 is 5.32 Å². The van der Waals surface area contributed by atoms with Crippen LogP contribution in [0.5, 0.6) is 0 Å². The molecule has 1 heterocycles. The zero-order valence-corrected chi connectivity index (χ0v) is 11.3. The minimum Gasteiger partial charge on any atom is -0.314 e. The molecule has 0 radical (unpaired) electrons. The summed E-state index contributed by atoms with van der Waals surface area (Å²) in [6, 6.07) is 0. The van der Waals surface area contributed by atoms with E-state index in [9.17, 15) is 8.42 Å². The molecule has 0 unspecified atom stereocenters. The first-order valence-corrected chi connectivity index (χ1v) is 7.19. The second-order valence-corrected chi connectivity index (χ2v) is 5.61. The Kier molecular flexibility index (Phi) is 5.10. The Bertz CT molecular complexity index is 453. The van der Waals surface area contributed by atoms with Crippen LogP contribution in [-0.4, -0.2) is 32.2 Å². The molecule has 0 aliphatic rings. The summed E-state index contributed by atoms with van der Waals surface area (Å²) in [4.78, 5) is 0.267. The van der Waals surface area contributed by atoms with Crippen molar-refractivity contribution >= 4 is 10.0 Å². The maximum Gasteiger partial charge on any atom is 0.244 e. The van der Waals surface area contributed by atoms with Crippen LogP contribution in [0.25, 0.3) is 0 Å². The molecule has 0 aromatic carbocycles. The molecule has 1 aromatic heterocycles. The van der Waals surface area contributed by atoms with Gasteiger partial charge in [0.1, 0.15) is 4.90 Å². The van der Waals surface area contributed by atoms with E-state index in [4.69, 9.17) is 0 Å². The lowest BCUT2D eigenvalue weighted by Crippen LogP contribution is -2.26. The van der Waals surface area contributed by atoms with Gasteiger partial charge in [-0.15, -0.1) is 0 Å². The van der Waals surface area contributed by atoms with Gasteiger partial charge >= 0.3 is 0 Å². The van der Waals surface area contributed by atoms with Crippen LogP contribution in [0.1, 0.15) is 31.2 Å². The Morgan fingerprint density at radius 3 is 2.71 bits per heavy atom. The van der Waals surface area contributed by atoms with Gasteiger partial charge in [-0.25, -0.2) is 13.1 Å². The first kappa shape index (κ1) is 14.1. The molecule has 0 spiro atoms. The van der Waals surface area contributed by atoms with Gasteiger partial charge in [0.05, 0.1) is 11.4 Å². The van der Waals surface area contributed by atoms with E-state index in [0.717, 1.165) is 12.8 Å². The van der Waals surface area contributed by atoms with Gasteiger partial charge in [0.25, 0.3) is 0 Å². The fraction of sp³-hybridized carbons (Fsp3) is 0.700. The number of hydrogen-bond acceptors (Lipinski definition) is 4. The van der Waals surface area contributed by atoms with Crippen LogP contribution in [0.2, 0.25) is 0 Å². The molecule has 0 saturated carbocycles. The number of nitrogens with zero attached hydrogens (tertiary/aromatic N) is 1. The monoisotopic (exact) mass is 260 g/mol. The van der Waals surface area contributed by atoms with Crippen LogP contribution in [0, 0.1) is 6.92 Å². The van der Waals surface area contributed by atoms with Crippen molar-refractivity contribution in [3.8, 4) is 0 Å². The van der Waals surface area contributed by atoms with Crippen LogP contribution >= 0.6 is 0 Å². The molecule has 0 aliphatic heterocycles. The molecule has 7 heteroatoms. The van der Waals surface area contributed by atoms with Crippen molar-refractivity contribution in [3.63, 3.8) is 0 Å². The van der Waals surface area contributed by atoms with Crippen LogP contribution in [0.15, 0.2) is 4.90 Å². The van der Waals surface area contributed by atoms with E-state index in [-0.39, 0.29) is 4.90 Å². The highest BCUT2D eigenvalue weighted by atomic mass is 32.2. The molecule has 0 amide bonds. The number of aromatic amines is 1. The average Bonchev–Trinajstić information content (AvgIpc) is 2.61. The highest BCUT2D eigenvalue weighted by Crippen LogP contribution is 2.17. The second-order valence-electron chi connectivity index (χ2n) is 3.91. The number of unbranched alkanes of at least 4 members (excludes halogenated alkanes) is 1. The Morgan fingerprint density at radius 2 is 2.12 bits per heavy atom. The topological polar surface area (TPSA) is 86.9 Å². The van der Waals surface area contributed by atoms with Crippen LogP contribution in [0.4, 0.5) is 0 Å². The van der Waals surface area contributed by atoms with Crippen molar-refractivity contribution in [1.29, 1.82) is 0 Å². The van der Waals surface area contributed by atoms with Gasteiger partial charge in [-0.2, -0.15) is 5.10 Å². The minimum atomic E-state index is -3.46. The quantitative estimate of drug-likeness (QED) is 0.624. The Hall–Kier alpha value is -0.920. The predicted molar refractivity (Wildman–Crippen MR) is 66.2 cm³/mol. The van der Waals surface area contributed by atoms with E-state index in [1.807, 2.05) is 6.92 Å². The number of aromatic nitrogens is 2. The number of hydrogen-bond donors (Lipinski definition) is 3. The summed E-state index contributed by atoms with van der Waals surface area (Å²) in [7, 11) is -1.70. The fourth-order valence-corrected chi connectivity index (χ4v) is 3.00. The van der Waals surface area contributed by atoms with Crippen LogP contribution < -0.4 is 10.0 Å². The van der Waals surface area contributed by atoms with Gasteiger partial charge in [-0.3, -0.25) is 5.10 Å². The smallest absolute Gasteiger partial charge is 0.244 e. The molecule has 6 nitrogen and oxygen atoms in total. The summed E-state index contributed by atoms with van der Waals surface area (Å²) in [6.07, 6.45) is 1.79. The highest BCUT2D eigenvalue weighted by molar-refractivity contribution is 7.89. The van der Waals surface area contributed by atoms with Crippen LogP contribution in [0.3, 0.4) is 0 Å². The van der Waals surface area contributed by atoms with Crippen molar-refractivity contribution in [2.45, 2.75) is 38.1 Å². The number of H-pyrrole nitrogens is 1. The molecule has 1 rings (SSSR count). The van der Waals surface area contributed by atoms with E-state index in [1.165, 1.54) is 0 Å². The molecule has 98 valence electrons. The SMILES string of the molecule is CCCCNS(=O)(=O)c1c(CNC)n[nH]c1C. The molecular weight excluding hydrogens is 240 g/mol. The average molecular weight is 260 g/mol. The van der Waals surface area contributed by atoms with Crippen molar-refractivity contribution in [2.24, 2.45) is 0 Å². The Labute approximate surface area is 102 Å². The normalized spacial score (nSPS) is 11.9. The minimum absolute atomic E-state index is 0.267. The molecular formula is C10H20N4O2S. The molecule has 3 N–H and O–H groups in total. The summed E-state index contributed by atoms with van der Waals surface area (Å²) in [5.41, 5.74) is 1.09. The number of sulfonamides is 1. The molecule has 17 heavy (non-hydrogen) atoms. The van der Waals surface area contributed by atoms with E-state index in [1.54, 1.807) is 14.0 Å². The second kappa shape index (κ2) is 6.13. The lowest BCUT2D eigenvalue weighted by Gasteiger charge is -2.07. The van der Waals surface area contributed by atoms with Gasteiger partial charge in [0.2, 0.25) is 10.0 Å². The van der Waals surface area contributed by atoms with Crippen molar-refractivity contribution in [2.75, 3.05) is 13.6 Å². The largest absolute Gasteiger partial charge is 0.314 e. The Morgan fingerprint density at radius 1 is 1.41 bits per heavy atom. The van der Waals surface area contributed by atoms with E-state index in [2.05, 4.69) is 20.2 Å². The maximum absolute atomic E-state index is 12.1. The highest BCUT2D eigenvalue weighted by Gasteiger charge is 2.23. The Balaban J connectivity index is 2.93. The standard InChI is InChI=1S/C10H20N4O2S/c1-4-5-6-12-17(15,16)10-8(2)13-14-9(10)7-11-3/h11-12H,4-7H2,1-3H3,(H,13,14). The third kappa shape index (κ3) is 3.52. The first-order valence-electron chi connectivity index (χ1n) is 5.71.